The third kappa shape index (κ3) is 4.43. The Kier molecular flexibility index (Phi) is 4.83. The maximum absolute atomic E-state index is 13.5. The van der Waals surface area contributed by atoms with Gasteiger partial charge in [0.05, 0.1) is 6.61 Å². The molecule has 2 rings (SSSR count). The van der Waals surface area contributed by atoms with Gasteiger partial charge in [0.2, 0.25) is 0 Å². The van der Waals surface area contributed by atoms with E-state index in [-0.39, 0.29) is 5.75 Å². The van der Waals surface area contributed by atoms with Crippen LogP contribution in [0.1, 0.15) is 38.2 Å². The number of benzene rings is 1. The van der Waals surface area contributed by atoms with Crippen molar-refractivity contribution in [2.24, 2.45) is 0 Å². The Balaban J connectivity index is 1.82. The van der Waals surface area contributed by atoms with E-state index >= 15 is 0 Å². The zero-order valence-corrected chi connectivity index (χ0v) is 12.5. The van der Waals surface area contributed by atoms with Gasteiger partial charge >= 0.3 is 5.97 Å². The number of aryl methyl sites for hydroxylation is 1. The van der Waals surface area contributed by atoms with Crippen molar-refractivity contribution < 1.29 is 19.0 Å². The normalized spacial score (nSPS) is 17.3. The second kappa shape index (κ2) is 6.43. The summed E-state index contributed by atoms with van der Waals surface area (Å²) in [4.78, 5) is 11.4. The molecule has 0 radical (unpaired) electrons. The summed E-state index contributed by atoms with van der Waals surface area (Å²) in [6, 6.07) is 5.03. The number of carboxylic acids is 1. The highest BCUT2D eigenvalue weighted by molar-refractivity contribution is 5.78. The van der Waals surface area contributed by atoms with Gasteiger partial charge in [0, 0.05) is 6.04 Å². The number of hydrogen-bond acceptors (Lipinski definition) is 3. The summed E-state index contributed by atoms with van der Waals surface area (Å²) >= 11 is 0. The Labute approximate surface area is 124 Å². The van der Waals surface area contributed by atoms with Gasteiger partial charge in [-0.1, -0.05) is 6.07 Å². The molecule has 1 fully saturated rings. The maximum Gasteiger partial charge on any atom is 0.323 e. The highest BCUT2D eigenvalue weighted by atomic mass is 19.1. The Bertz CT molecular complexity index is 516. The van der Waals surface area contributed by atoms with Gasteiger partial charge in [-0.05, 0) is 57.2 Å². The molecule has 1 aromatic carbocycles. The molecule has 1 unspecified atom stereocenters. The van der Waals surface area contributed by atoms with Crippen molar-refractivity contribution in [3.05, 3.63) is 29.6 Å². The van der Waals surface area contributed by atoms with E-state index in [4.69, 9.17) is 4.74 Å². The number of carbonyl (C=O) groups is 1. The molecule has 0 bridgehead atoms. The molecule has 116 valence electrons. The first kappa shape index (κ1) is 15.8. The standard InChI is InChI=1S/C16H22FNO3/c1-11-4-7-13(17)14(10-11)21-9-3-8-16(2,15(19)20)18-12-5-6-12/h4,7,10,12,18H,3,5-6,8-9H2,1-2H3,(H,19,20). The van der Waals surface area contributed by atoms with Crippen molar-refractivity contribution in [1.29, 1.82) is 0 Å². The fraction of sp³-hybridized carbons (Fsp3) is 0.562. The molecule has 21 heavy (non-hydrogen) atoms. The van der Waals surface area contributed by atoms with Crippen molar-refractivity contribution in [1.82, 2.24) is 5.32 Å². The molecule has 1 aromatic rings. The Morgan fingerprint density at radius 1 is 1.52 bits per heavy atom. The molecular formula is C16H22FNO3. The molecular weight excluding hydrogens is 273 g/mol. The molecule has 5 heteroatoms. The summed E-state index contributed by atoms with van der Waals surface area (Å²) in [5, 5.41) is 12.5. The average molecular weight is 295 g/mol. The molecule has 0 aliphatic heterocycles. The Hall–Kier alpha value is -1.62. The van der Waals surface area contributed by atoms with E-state index in [0.29, 0.717) is 25.5 Å². The molecule has 0 heterocycles. The van der Waals surface area contributed by atoms with Crippen LogP contribution in [-0.4, -0.2) is 29.3 Å². The van der Waals surface area contributed by atoms with Crippen molar-refractivity contribution in [3.8, 4) is 5.75 Å². The van der Waals surface area contributed by atoms with Gasteiger partial charge in [-0.15, -0.1) is 0 Å². The van der Waals surface area contributed by atoms with Gasteiger partial charge < -0.3 is 9.84 Å². The van der Waals surface area contributed by atoms with E-state index in [1.165, 1.54) is 6.07 Å². The highest BCUT2D eigenvalue weighted by Crippen LogP contribution is 2.25. The van der Waals surface area contributed by atoms with E-state index in [0.717, 1.165) is 18.4 Å². The van der Waals surface area contributed by atoms with Gasteiger partial charge in [0.1, 0.15) is 5.54 Å². The number of hydrogen-bond donors (Lipinski definition) is 2. The van der Waals surface area contributed by atoms with Gasteiger partial charge in [-0.2, -0.15) is 0 Å². The molecule has 0 amide bonds. The largest absolute Gasteiger partial charge is 0.491 e. The average Bonchev–Trinajstić information content (AvgIpc) is 3.22. The third-order valence-electron chi connectivity index (χ3n) is 3.74. The van der Waals surface area contributed by atoms with E-state index in [9.17, 15) is 14.3 Å². The molecule has 0 spiro atoms. The topological polar surface area (TPSA) is 58.6 Å². The number of ether oxygens (including phenoxy) is 1. The summed E-state index contributed by atoms with van der Waals surface area (Å²) < 4.78 is 18.9. The van der Waals surface area contributed by atoms with Crippen molar-refractivity contribution in [2.75, 3.05) is 6.61 Å². The summed E-state index contributed by atoms with van der Waals surface area (Å²) in [6.07, 6.45) is 3.07. The molecule has 1 saturated carbocycles. The van der Waals surface area contributed by atoms with E-state index in [1.807, 2.05) is 6.92 Å². The van der Waals surface area contributed by atoms with Gasteiger partial charge in [-0.3, -0.25) is 10.1 Å². The van der Waals surface area contributed by atoms with Crippen molar-refractivity contribution >= 4 is 5.97 Å². The van der Waals surface area contributed by atoms with Crippen LogP contribution in [-0.2, 0) is 4.79 Å². The predicted molar refractivity (Wildman–Crippen MR) is 78.1 cm³/mol. The minimum atomic E-state index is -0.935. The van der Waals surface area contributed by atoms with Crippen LogP contribution in [0.2, 0.25) is 0 Å². The van der Waals surface area contributed by atoms with Crippen LogP contribution >= 0.6 is 0 Å². The second-order valence-electron chi connectivity index (χ2n) is 5.94. The second-order valence-corrected chi connectivity index (χ2v) is 5.94. The van der Waals surface area contributed by atoms with Crippen LogP contribution in [0.15, 0.2) is 18.2 Å². The maximum atomic E-state index is 13.5. The van der Waals surface area contributed by atoms with Crippen LogP contribution < -0.4 is 10.1 Å². The molecule has 2 N–H and O–H groups in total. The lowest BCUT2D eigenvalue weighted by molar-refractivity contribution is -0.144. The molecule has 1 atom stereocenters. The van der Waals surface area contributed by atoms with Gasteiger partial charge in [0.25, 0.3) is 0 Å². The molecule has 1 aliphatic carbocycles. The molecule has 4 nitrogen and oxygen atoms in total. The minimum Gasteiger partial charge on any atom is -0.491 e. The number of rotatable bonds is 8. The van der Waals surface area contributed by atoms with Gasteiger partial charge in [0.15, 0.2) is 11.6 Å². The molecule has 1 aliphatic rings. The molecule has 0 aromatic heterocycles. The highest BCUT2D eigenvalue weighted by Gasteiger charge is 2.37. The van der Waals surface area contributed by atoms with Crippen LogP contribution in [0.25, 0.3) is 0 Å². The summed E-state index contributed by atoms with van der Waals surface area (Å²) in [7, 11) is 0. The van der Waals surface area contributed by atoms with E-state index < -0.39 is 17.3 Å². The van der Waals surface area contributed by atoms with Crippen LogP contribution in [0.4, 0.5) is 4.39 Å². The summed E-state index contributed by atoms with van der Waals surface area (Å²) in [5.41, 5.74) is -0.00691. The Morgan fingerprint density at radius 2 is 2.24 bits per heavy atom. The fourth-order valence-corrected chi connectivity index (χ4v) is 2.25. The first-order chi connectivity index (χ1) is 9.90. The summed E-state index contributed by atoms with van der Waals surface area (Å²) in [5.74, 6) is -1.02. The van der Waals surface area contributed by atoms with Crippen molar-refractivity contribution in [2.45, 2.75) is 51.1 Å². The summed E-state index contributed by atoms with van der Waals surface area (Å²) in [6.45, 7) is 3.86. The zero-order chi connectivity index (χ0) is 15.5. The molecule has 0 saturated heterocycles. The number of nitrogens with one attached hydrogen (secondary N) is 1. The van der Waals surface area contributed by atoms with Crippen LogP contribution in [0.5, 0.6) is 5.75 Å². The van der Waals surface area contributed by atoms with E-state index in [2.05, 4.69) is 5.32 Å². The third-order valence-corrected chi connectivity index (χ3v) is 3.74. The quantitative estimate of drug-likeness (QED) is 0.724. The van der Waals surface area contributed by atoms with Crippen LogP contribution in [0.3, 0.4) is 0 Å². The van der Waals surface area contributed by atoms with E-state index in [1.54, 1.807) is 19.1 Å². The van der Waals surface area contributed by atoms with Gasteiger partial charge in [-0.25, -0.2) is 4.39 Å². The first-order valence-electron chi connectivity index (χ1n) is 7.31. The first-order valence-corrected chi connectivity index (χ1v) is 7.31. The lowest BCUT2D eigenvalue weighted by Gasteiger charge is -2.26. The lowest BCUT2D eigenvalue weighted by atomic mass is 9.96. The Morgan fingerprint density at radius 3 is 2.86 bits per heavy atom. The minimum absolute atomic E-state index is 0.224. The monoisotopic (exact) mass is 295 g/mol. The fourth-order valence-electron chi connectivity index (χ4n) is 2.25. The number of halogens is 1. The smallest absolute Gasteiger partial charge is 0.323 e. The van der Waals surface area contributed by atoms with Crippen molar-refractivity contribution in [3.63, 3.8) is 0 Å². The predicted octanol–water partition coefficient (Wildman–Crippen LogP) is 2.89. The SMILES string of the molecule is Cc1ccc(F)c(OCCCC(C)(NC2CC2)C(=O)O)c1. The number of aliphatic carboxylic acids is 1. The zero-order valence-electron chi connectivity index (χ0n) is 12.5. The van der Waals surface area contributed by atoms with Crippen LogP contribution in [0, 0.1) is 12.7 Å². The number of carboxylic acid groups (broad SMARTS) is 1. The lowest BCUT2D eigenvalue weighted by Crippen LogP contribution is -2.50.